The number of esters is 1. The van der Waals surface area contributed by atoms with Crippen LogP contribution in [0.4, 0.5) is 0 Å². The maximum atomic E-state index is 12.9. The molecule has 0 saturated heterocycles. The minimum absolute atomic E-state index is 0.179. The second-order valence-corrected chi connectivity index (χ2v) is 6.09. The summed E-state index contributed by atoms with van der Waals surface area (Å²) in [4.78, 5) is 12.9. The average molecular weight is 374 g/mol. The van der Waals surface area contributed by atoms with Gasteiger partial charge in [0.1, 0.15) is 18.1 Å². The van der Waals surface area contributed by atoms with Crippen LogP contribution in [0, 0.1) is 0 Å². The molecule has 28 heavy (non-hydrogen) atoms. The van der Waals surface area contributed by atoms with E-state index in [0.717, 1.165) is 22.4 Å². The fraction of sp³-hybridized carbons (Fsp3) is 0.125. The maximum Gasteiger partial charge on any atom is 0.339 e. The van der Waals surface area contributed by atoms with Gasteiger partial charge in [0.15, 0.2) is 0 Å². The number of rotatable bonds is 7. The van der Waals surface area contributed by atoms with Crippen molar-refractivity contribution < 1.29 is 19.0 Å². The normalized spacial score (nSPS) is 11.0. The third kappa shape index (κ3) is 4.80. The fourth-order valence-electron chi connectivity index (χ4n) is 2.77. The molecule has 0 aliphatic rings. The molecule has 0 atom stereocenters. The molecule has 3 rings (SSSR count). The molecule has 0 heterocycles. The first-order valence-electron chi connectivity index (χ1n) is 8.91. The molecule has 3 aromatic rings. The minimum Gasteiger partial charge on any atom is -0.497 e. The molecule has 0 fully saturated rings. The van der Waals surface area contributed by atoms with Gasteiger partial charge in [-0.2, -0.15) is 0 Å². The zero-order valence-electron chi connectivity index (χ0n) is 15.9. The van der Waals surface area contributed by atoms with Crippen LogP contribution in [0.15, 0.2) is 78.9 Å². The highest BCUT2D eigenvalue weighted by molar-refractivity contribution is 6.21. The number of hydrogen-bond acceptors (Lipinski definition) is 4. The monoisotopic (exact) mass is 374 g/mol. The van der Waals surface area contributed by atoms with Gasteiger partial charge in [0.2, 0.25) is 0 Å². The highest BCUT2D eigenvalue weighted by Crippen LogP contribution is 2.26. The summed E-state index contributed by atoms with van der Waals surface area (Å²) in [5.41, 5.74) is 2.95. The van der Waals surface area contributed by atoms with E-state index < -0.39 is 5.97 Å². The van der Waals surface area contributed by atoms with Crippen LogP contribution in [0.25, 0.3) is 11.6 Å². The molecule has 4 heteroatoms. The predicted octanol–water partition coefficient (Wildman–Crippen LogP) is 4.99. The Bertz CT molecular complexity index is 944. The number of carbonyl (C=O) groups is 1. The van der Waals surface area contributed by atoms with E-state index in [1.54, 1.807) is 20.3 Å². The van der Waals surface area contributed by atoms with Crippen LogP contribution < -0.4 is 9.47 Å². The first-order valence-corrected chi connectivity index (χ1v) is 8.91. The Labute approximate surface area is 165 Å². The predicted molar refractivity (Wildman–Crippen MR) is 110 cm³/mol. The molecule has 0 aromatic heterocycles. The molecule has 0 saturated carbocycles. The van der Waals surface area contributed by atoms with Crippen LogP contribution in [-0.2, 0) is 16.1 Å². The second kappa shape index (κ2) is 9.42. The highest BCUT2D eigenvalue weighted by Gasteiger charge is 2.15. The zero-order valence-corrected chi connectivity index (χ0v) is 15.9. The van der Waals surface area contributed by atoms with Crippen molar-refractivity contribution in [3.63, 3.8) is 0 Å². The van der Waals surface area contributed by atoms with Crippen molar-refractivity contribution >= 4 is 17.6 Å². The molecule has 0 amide bonds. The molecule has 4 nitrogen and oxygen atoms in total. The smallest absolute Gasteiger partial charge is 0.339 e. The Morgan fingerprint density at radius 3 is 2.18 bits per heavy atom. The second-order valence-electron chi connectivity index (χ2n) is 6.09. The van der Waals surface area contributed by atoms with Crippen molar-refractivity contribution in [1.29, 1.82) is 0 Å². The Kier molecular flexibility index (Phi) is 6.47. The molecule has 0 N–H and O–H groups in total. The molecule has 142 valence electrons. The Balaban J connectivity index is 1.86. The minimum atomic E-state index is -0.395. The summed E-state index contributed by atoms with van der Waals surface area (Å²) in [6.07, 6.45) is 1.80. The van der Waals surface area contributed by atoms with E-state index in [1.807, 2.05) is 78.9 Å². The Hall–Kier alpha value is -3.53. The summed E-state index contributed by atoms with van der Waals surface area (Å²) in [7, 11) is 3.22. The number of methoxy groups -OCH3 is 2. The van der Waals surface area contributed by atoms with Gasteiger partial charge in [-0.1, -0.05) is 60.7 Å². The SMILES string of the molecule is COc1ccc(COC(=O)/C(=C/c2ccccc2OC)c2ccccc2)cc1. The first-order chi connectivity index (χ1) is 13.7. The van der Waals surface area contributed by atoms with Crippen LogP contribution in [0.3, 0.4) is 0 Å². The summed E-state index contributed by atoms with van der Waals surface area (Å²) in [5.74, 6) is 1.06. The summed E-state index contributed by atoms with van der Waals surface area (Å²) < 4.78 is 16.1. The third-order valence-electron chi connectivity index (χ3n) is 4.27. The van der Waals surface area contributed by atoms with E-state index >= 15 is 0 Å². The number of ether oxygens (including phenoxy) is 3. The first kappa shape index (κ1) is 19.2. The number of benzene rings is 3. The van der Waals surface area contributed by atoms with Crippen molar-refractivity contribution in [3.8, 4) is 11.5 Å². The highest BCUT2D eigenvalue weighted by atomic mass is 16.5. The lowest BCUT2D eigenvalue weighted by atomic mass is 10.0. The molecular formula is C24H22O4. The van der Waals surface area contributed by atoms with E-state index in [9.17, 15) is 4.79 Å². The molecule has 0 aliphatic heterocycles. The van der Waals surface area contributed by atoms with E-state index in [4.69, 9.17) is 14.2 Å². The topological polar surface area (TPSA) is 44.8 Å². The molecular weight excluding hydrogens is 352 g/mol. The van der Waals surface area contributed by atoms with Gasteiger partial charge in [-0.3, -0.25) is 0 Å². The lowest BCUT2D eigenvalue weighted by molar-refractivity contribution is -0.137. The third-order valence-corrected chi connectivity index (χ3v) is 4.27. The van der Waals surface area contributed by atoms with Crippen LogP contribution in [0.2, 0.25) is 0 Å². The van der Waals surface area contributed by atoms with E-state index in [1.165, 1.54) is 0 Å². The van der Waals surface area contributed by atoms with Gasteiger partial charge in [-0.25, -0.2) is 4.79 Å². The van der Waals surface area contributed by atoms with Gasteiger partial charge >= 0.3 is 5.97 Å². The molecule has 0 unspecified atom stereocenters. The van der Waals surface area contributed by atoms with Gasteiger partial charge in [0.25, 0.3) is 0 Å². The largest absolute Gasteiger partial charge is 0.497 e. The fourth-order valence-corrected chi connectivity index (χ4v) is 2.77. The van der Waals surface area contributed by atoms with Crippen molar-refractivity contribution in [3.05, 3.63) is 95.6 Å². The standard InChI is InChI=1S/C24H22O4/c1-26-21-14-12-18(13-15-21)17-28-24(25)22(19-8-4-3-5-9-19)16-20-10-6-7-11-23(20)27-2/h3-16H,17H2,1-2H3/b22-16+. The Morgan fingerprint density at radius 2 is 1.50 bits per heavy atom. The molecule has 0 bridgehead atoms. The van der Waals surface area contributed by atoms with Crippen molar-refractivity contribution in [2.24, 2.45) is 0 Å². The van der Waals surface area contributed by atoms with Crippen molar-refractivity contribution in [1.82, 2.24) is 0 Å². The number of para-hydroxylation sites is 1. The summed E-state index contributed by atoms with van der Waals surface area (Å²) >= 11 is 0. The van der Waals surface area contributed by atoms with Crippen molar-refractivity contribution in [2.45, 2.75) is 6.61 Å². The summed E-state index contributed by atoms with van der Waals surface area (Å²) in [6, 6.07) is 24.4. The van der Waals surface area contributed by atoms with Crippen molar-refractivity contribution in [2.75, 3.05) is 14.2 Å². The van der Waals surface area contributed by atoms with Gasteiger partial charge in [0.05, 0.1) is 19.8 Å². The maximum absolute atomic E-state index is 12.9. The lowest BCUT2D eigenvalue weighted by Gasteiger charge is -2.11. The van der Waals surface area contributed by atoms with Gasteiger partial charge < -0.3 is 14.2 Å². The van der Waals surface area contributed by atoms with E-state index in [-0.39, 0.29) is 6.61 Å². The molecule has 0 spiro atoms. The van der Waals surface area contributed by atoms with Gasteiger partial charge in [0, 0.05) is 5.56 Å². The molecule has 0 radical (unpaired) electrons. The molecule has 0 aliphatic carbocycles. The Morgan fingerprint density at radius 1 is 0.821 bits per heavy atom. The lowest BCUT2D eigenvalue weighted by Crippen LogP contribution is -2.07. The van der Waals surface area contributed by atoms with Crippen LogP contribution in [-0.4, -0.2) is 20.2 Å². The number of hydrogen-bond donors (Lipinski definition) is 0. The average Bonchev–Trinajstić information content (AvgIpc) is 2.77. The van der Waals surface area contributed by atoms with Gasteiger partial charge in [-0.05, 0) is 35.4 Å². The van der Waals surface area contributed by atoms with Crippen LogP contribution in [0.1, 0.15) is 16.7 Å². The van der Waals surface area contributed by atoms with E-state index in [0.29, 0.717) is 11.3 Å². The summed E-state index contributed by atoms with van der Waals surface area (Å²) in [6.45, 7) is 0.179. The van der Waals surface area contributed by atoms with Gasteiger partial charge in [-0.15, -0.1) is 0 Å². The van der Waals surface area contributed by atoms with E-state index in [2.05, 4.69) is 0 Å². The summed E-state index contributed by atoms with van der Waals surface area (Å²) in [5, 5.41) is 0. The van der Waals surface area contributed by atoms with Crippen LogP contribution >= 0.6 is 0 Å². The zero-order chi connectivity index (χ0) is 19.8. The quantitative estimate of drug-likeness (QED) is 0.332. The number of carbonyl (C=O) groups excluding carboxylic acids is 1. The van der Waals surface area contributed by atoms with Crippen LogP contribution in [0.5, 0.6) is 11.5 Å². The molecule has 3 aromatic carbocycles.